The van der Waals surface area contributed by atoms with Crippen LogP contribution < -0.4 is 10.6 Å². The standard InChI is InChI=1S/C10H16N4O2/c1-2-14-9(3-4-12-14)13-10(16)8-5-7(15)6-11-8/h3-4,7-8,11,15H,2,5-6H2,1H3,(H,13,16)/t7-,8-/m1/s1. The number of hydrogen-bond donors (Lipinski definition) is 3. The van der Waals surface area contributed by atoms with Crippen molar-refractivity contribution in [3.8, 4) is 0 Å². The van der Waals surface area contributed by atoms with Crippen LogP contribution in [0.1, 0.15) is 13.3 Å². The summed E-state index contributed by atoms with van der Waals surface area (Å²) < 4.78 is 1.71. The summed E-state index contributed by atoms with van der Waals surface area (Å²) >= 11 is 0. The fourth-order valence-corrected chi connectivity index (χ4v) is 1.82. The van der Waals surface area contributed by atoms with Gasteiger partial charge in [0.2, 0.25) is 5.91 Å². The van der Waals surface area contributed by atoms with Crippen LogP contribution in [0.3, 0.4) is 0 Å². The summed E-state index contributed by atoms with van der Waals surface area (Å²) in [4.78, 5) is 11.8. The third kappa shape index (κ3) is 2.23. The van der Waals surface area contributed by atoms with Crippen molar-refractivity contribution < 1.29 is 9.90 Å². The van der Waals surface area contributed by atoms with Gasteiger partial charge in [0.25, 0.3) is 0 Å². The molecule has 88 valence electrons. The number of anilines is 1. The molecule has 6 heteroatoms. The Bertz CT molecular complexity index is 377. The molecular formula is C10H16N4O2. The molecule has 3 N–H and O–H groups in total. The Hall–Kier alpha value is -1.40. The minimum atomic E-state index is -0.424. The Morgan fingerprint density at radius 2 is 2.62 bits per heavy atom. The van der Waals surface area contributed by atoms with Crippen molar-refractivity contribution in [2.45, 2.75) is 32.0 Å². The van der Waals surface area contributed by atoms with Crippen LogP contribution in [0.25, 0.3) is 0 Å². The Labute approximate surface area is 93.6 Å². The molecule has 2 rings (SSSR count). The van der Waals surface area contributed by atoms with Crippen LogP contribution >= 0.6 is 0 Å². The number of nitrogens with one attached hydrogen (secondary N) is 2. The monoisotopic (exact) mass is 224 g/mol. The predicted octanol–water partition coefficient (Wildman–Crippen LogP) is -0.436. The fourth-order valence-electron chi connectivity index (χ4n) is 1.82. The molecule has 0 bridgehead atoms. The van der Waals surface area contributed by atoms with E-state index >= 15 is 0 Å². The zero-order valence-electron chi connectivity index (χ0n) is 9.18. The molecule has 0 aliphatic carbocycles. The van der Waals surface area contributed by atoms with Gasteiger partial charge >= 0.3 is 0 Å². The van der Waals surface area contributed by atoms with E-state index in [-0.39, 0.29) is 11.9 Å². The van der Waals surface area contributed by atoms with Crippen molar-refractivity contribution in [2.24, 2.45) is 0 Å². The first-order chi connectivity index (χ1) is 7.70. The van der Waals surface area contributed by atoms with E-state index in [0.29, 0.717) is 25.3 Å². The number of aliphatic hydroxyl groups is 1. The first-order valence-electron chi connectivity index (χ1n) is 5.45. The van der Waals surface area contributed by atoms with Gasteiger partial charge in [0.1, 0.15) is 5.82 Å². The minimum Gasteiger partial charge on any atom is -0.392 e. The van der Waals surface area contributed by atoms with E-state index in [1.165, 1.54) is 0 Å². The normalized spacial score (nSPS) is 24.6. The van der Waals surface area contributed by atoms with Gasteiger partial charge < -0.3 is 15.7 Å². The van der Waals surface area contributed by atoms with Crippen LogP contribution in [0.4, 0.5) is 5.82 Å². The molecule has 0 aromatic carbocycles. The van der Waals surface area contributed by atoms with Crippen molar-refractivity contribution >= 4 is 11.7 Å². The van der Waals surface area contributed by atoms with Crippen molar-refractivity contribution in [1.82, 2.24) is 15.1 Å². The number of aliphatic hydroxyl groups excluding tert-OH is 1. The number of aromatic nitrogens is 2. The lowest BCUT2D eigenvalue weighted by molar-refractivity contribution is -0.118. The number of carbonyl (C=O) groups excluding carboxylic acids is 1. The summed E-state index contributed by atoms with van der Waals surface area (Å²) in [6.45, 7) is 3.15. The molecule has 0 unspecified atom stereocenters. The van der Waals surface area contributed by atoms with Crippen molar-refractivity contribution in [3.63, 3.8) is 0 Å². The molecule has 6 nitrogen and oxygen atoms in total. The lowest BCUT2D eigenvalue weighted by Gasteiger charge is -2.11. The average Bonchev–Trinajstić information content (AvgIpc) is 2.86. The number of β-amino-alcohol motifs (C(OH)–C–C–N with tert-alkyl or cyclic N) is 1. The first kappa shape index (κ1) is 11.1. The number of hydrogen-bond acceptors (Lipinski definition) is 4. The summed E-state index contributed by atoms with van der Waals surface area (Å²) in [5, 5.41) is 19.1. The fraction of sp³-hybridized carbons (Fsp3) is 0.600. The number of amides is 1. The molecule has 1 saturated heterocycles. The summed E-state index contributed by atoms with van der Waals surface area (Å²) in [5.41, 5.74) is 0. The summed E-state index contributed by atoms with van der Waals surface area (Å²) in [6.07, 6.45) is 1.69. The maximum absolute atomic E-state index is 11.8. The second-order valence-electron chi connectivity index (χ2n) is 3.87. The quantitative estimate of drug-likeness (QED) is 0.650. The highest BCUT2D eigenvalue weighted by atomic mass is 16.3. The van der Waals surface area contributed by atoms with Gasteiger partial charge in [0, 0.05) is 19.2 Å². The Morgan fingerprint density at radius 3 is 3.25 bits per heavy atom. The Balaban J connectivity index is 1.97. The van der Waals surface area contributed by atoms with Gasteiger partial charge in [0.15, 0.2) is 0 Å². The topological polar surface area (TPSA) is 79.2 Å². The van der Waals surface area contributed by atoms with E-state index in [9.17, 15) is 9.90 Å². The van der Waals surface area contributed by atoms with E-state index in [2.05, 4.69) is 15.7 Å². The highest BCUT2D eigenvalue weighted by molar-refractivity contribution is 5.94. The van der Waals surface area contributed by atoms with Crippen molar-refractivity contribution in [3.05, 3.63) is 12.3 Å². The zero-order valence-corrected chi connectivity index (χ0v) is 9.18. The van der Waals surface area contributed by atoms with E-state index in [0.717, 1.165) is 0 Å². The van der Waals surface area contributed by atoms with E-state index in [1.54, 1.807) is 16.9 Å². The second-order valence-corrected chi connectivity index (χ2v) is 3.87. The third-order valence-corrected chi connectivity index (χ3v) is 2.69. The number of nitrogens with zero attached hydrogens (tertiary/aromatic N) is 2. The minimum absolute atomic E-state index is 0.119. The molecule has 0 spiro atoms. The van der Waals surface area contributed by atoms with Crippen molar-refractivity contribution in [2.75, 3.05) is 11.9 Å². The lowest BCUT2D eigenvalue weighted by Crippen LogP contribution is -2.36. The van der Waals surface area contributed by atoms with Gasteiger partial charge in [-0.1, -0.05) is 0 Å². The summed E-state index contributed by atoms with van der Waals surface area (Å²) in [7, 11) is 0. The van der Waals surface area contributed by atoms with E-state index in [1.807, 2.05) is 6.92 Å². The molecule has 1 fully saturated rings. The molecule has 0 radical (unpaired) electrons. The van der Waals surface area contributed by atoms with Crippen molar-refractivity contribution in [1.29, 1.82) is 0 Å². The van der Waals surface area contributed by atoms with Crippen LogP contribution in [0, 0.1) is 0 Å². The summed E-state index contributed by atoms with van der Waals surface area (Å²) in [6, 6.07) is 1.45. The van der Waals surface area contributed by atoms with Crippen LogP contribution in [0.2, 0.25) is 0 Å². The van der Waals surface area contributed by atoms with Crippen LogP contribution in [-0.4, -0.2) is 39.5 Å². The Morgan fingerprint density at radius 1 is 1.81 bits per heavy atom. The lowest BCUT2D eigenvalue weighted by atomic mass is 10.2. The molecule has 16 heavy (non-hydrogen) atoms. The molecular weight excluding hydrogens is 208 g/mol. The highest BCUT2D eigenvalue weighted by Crippen LogP contribution is 2.11. The molecule has 1 aromatic heterocycles. The molecule has 1 aliphatic rings. The summed E-state index contributed by atoms with van der Waals surface area (Å²) in [5.74, 6) is 0.572. The number of aryl methyl sites for hydroxylation is 1. The molecule has 2 atom stereocenters. The Kier molecular flexibility index (Phi) is 3.21. The first-order valence-corrected chi connectivity index (χ1v) is 5.45. The molecule has 2 heterocycles. The van der Waals surface area contributed by atoms with Crippen LogP contribution in [0.15, 0.2) is 12.3 Å². The van der Waals surface area contributed by atoms with Gasteiger partial charge in [0.05, 0.1) is 18.3 Å². The third-order valence-electron chi connectivity index (χ3n) is 2.69. The van der Waals surface area contributed by atoms with E-state index < -0.39 is 6.10 Å². The number of rotatable bonds is 3. The van der Waals surface area contributed by atoms with Gasteiger partial charge in [-0.15, -0.1) is 0 Å². The highest BCUT2D eigenvalue weighted by Gasteiger charge is 2.28. The zero-order chi connectivity index (χ0) is 11.5. The average molecular weight is 224 g/mol. The second kappa shape index (κ2) is 4.63. The van der Waals surface area contributed by atoms with Gasteiger partial charge in [-0.3, -0.25) is 4.79 Å². The van der Waals surface area contributed by atoms with Crippen LogP contribution in [-0.2, 0) is 11.3 Å². The maximum Gasteiger partial charge on any atom is 0.242 e. The van der Waals surface area contributed by atoms with Crippen LogP contribution in [0.5, 0.6) is 0 Å². The molecule has 1 amide bonds. The molecule has 1 aromatic rings. The van der Waals surface area contributed by atoms with Gasteiger partial charge in [-0.25, -0.2) is 4.68 Å². The molecule has 1 aliphatic heterocycles. The van der Waals surface area contributed by atoms with Gasteiger partial charge in [-0.2, -0.15) is 5.10 Å². The smallest absolute Gasteiger partial charge is 0.242 e. The van der Waals surface area contributed by atoms with Gasteiger partial charge in [-0.05, 0) is 13.3 Å². The maximum atomic E-state index is 11.8. The number of carbonyl (C=O) groups is 1. The van der Waals surface area contributed by atoms with E-state index in [4.69, 9.17) is 0 Å². The predicted molar refractivity (Wildman–Crippen MR) is 58.9 cm³/mol. The SMILES string of the molecule is CCn1nccc1NC(=O)[C@H]1C[C@@H](O)CN1. The molecule has 0 saturated carbocycles. The largest absolute Gasteiger partial charge is 0.392 e.